The second-order valence-corrected chi connectivity index (χ2v) is 10.8. The fourth-order valence-electron chi connectivity index (χ4n) is 6.22. The van der Waals surface area contributed by atoms with Crippen molar-refractivity contribution >= 4 is 28.5 Å². The minimum absolute atomic E-state index is 0.135. The molecule has 2 saturated heterocycles. The Balaban J connectivity index is 1.33. The van der Waals surface area contributed by atoms with Gasteiger partial charge in [-0.2, -0.15) is 15.2 Å². The Hall–Kier alpha value is -4.17. The molecule has 2 fully saturated rings. The van der Waals surface area contributed by atoms with E-state index in [0.29, 0.717) is 44.8 Å². The van der Waals surface area contributed by atoms with Crippen LogP contribution < -0.4 is 14.5 Å². The van der Waals surface area contributed by atoms with Gasteiger partial charge in [0, 0.05) is 55.1 Å². The van der Waals surface area contributed by atoms with Crippen molar-refractivity contribution in [2.24, 2.45) is 0 Å². The number of carbonyl (C=O) groups is 1. The zero-order valence-electron chi connectivity index (χ0n) is 22.7. The second-order valence-electron chi connectivity index (χ2n) is 10.8. The van der Waals surface area contributed by atoms with E-state index in [1.54, 1.807) is 0 Å². The molecule has 0 radical (unpaired) electrons. The fraction of sp³-hybridized carbons (Fsp3) is 0.483. The summed E-state index contributed by atoms with van der Waals surface area (Å²) < 4.78 is 6.23. The van der Waals surface area contributed by atoms with Gasteiger partial charge in [-0.05, 0) is 57.1 Å². The van der Waals surface area contributed by atoms with E-state index in [-0.39, 0.29) is 6.42 Å². The third-order valence-electron chi connectivity index (χ3n) is 8.42. The summed E-state index contributed by atoms with van der Waals surface area (Å²) in [5, 5.41) is 20.2. The molecule has 2 atom stereocenters. The number of nitrogens with zero attached hydrogens (tertiary/aromatic N) is 8. The number of piperazine rings is 1. The van der Waals surface area contributed by atoms with E-state index in [1.165, 1.54) is 4.90 Å². The van der Waals surface area contributed by atoms with Gasteiger partial charge in [-0.3, -0.25) is 4.98 Å². The van der Waals surface area contributed by atoms with Gasteiger partial charge in [-0.25, -0.2) is 4.79 Å². The third kappa shape index (κ3) is 5.07. The number of likely N-dealkylation sites (tertiary alicyclic amines) is 1. The van der Waals surface area contributed by atoms with Crippen molar-refractivity contribution in [3.05, 3.63) is 47.8 Å². The smallest absolute Gasteiger partial charge is 0.407 e. The van der Waals surface area contributed by atoms with Gasteiger partial charge in [0.1, 0.15) is 12.4 Å². The van der Waals surface area contributed by atoms with Crippen LogP contribution in [0.2, 0.25) is 0 Å². The Labute approximate surface area is 233 Å². The lowest BCUT2D eigenvalue weighted by Crippen LogP contribution is -2.55. The number of benzene rings is 1. The molecule has 3 aromatic rings. The van der Waals surface area contributed by atoms with E-state index in [0.717, 1.165) is 66.0 Å². The van der Waals surface area contributed by atoms with Gasteiger partial charge in [0.15, 0.2) is 0 Å². The summed E-state index contributed by atoms with van der Waals surface area (Å²) in [4.78, 5) is 34.3. The monoisotopic (exact) mass is 542 g/mol. The molecule has 40 heavy (non-hydrogen) atoms. The first-order chi connectivity index (χ1) is 19.5. The number of ether oxygens (including phenoxy) is 1. The van der Waals surface area contributed by atoms with Crippen LogP contribution in [0.4, 0.5) is 16.3 Å². The Morgan fingerprint density at radius 2 is 2.02 bits per heavy atom. The molecule has 0 bridgehead atoms. The summed E-state index contributed by atoms with van der Waals surface area (Å²) in [6.45, 7) is 4.22. The number of anilines is 2. The minimum atomic E-state index is -0.991. The van der Waals surface area contributed by atoms with Crippen LogP contribution in [0.3, 0.4) is 0 Å². The highest BCUT2D eigenvalue weighted by atomic mass is 16.5. The Bertz CT molecular complexity index is 1440. The molecule has 11 heteroatoms. The van der Waals surface area contributed by atoms with Crippen LogP contribution in [0.5, 0.6) is 6.01 Å². The average Bonchev–Trinajstić information content (AvgIpc) is 3.39. The molecule has 0 saturated carbocycles. The molecule has 0 spiro atoms. The molecule has 0 unspecified atom stereocenters. The number of hydrogen-bond donors (Lipinski definition) is 1. The fourth-order valence-corrected chi connectivity index (χ4v) is 6.22. The number of pyridine rings is 1. The SMILES string of the molecule is CN1CCC[C@H]1COc1nc2c(c(N3CCN(C(=O)O)[C@@H](CC#N)C3)n1)CCN(c1cccc3ncccc13)C2. The summed E-state index contributed by atoms with van der Waals surface area (Å²) in [5.74, 6) is 0.798. The molecule has 1 N–H and O–H groups in total. The molecule has 1 aromatic carbocycles. The topological polar surface area (TPSA) is 122 Å². The number of nitriles is 1. The minimum Gasteiger partial charge on any atom is -0.465 e. The second kappa shape index (κ2) is 11.1. The van der Waals surface area contributed by atoms with E-state index in [2.05, 4.69) is 44.9 Å². The van der Waals surface area contributed by atoms with Crippen LogP contribution in [-0.4, -0.2) is 94.4 Å². The molecule has 2 aromatic heterocycles. The Morgan fingerprint density at radius 3 is 2.83 bits per heavy atom. The average molecular weight is 543 g/mol. The lowest BCUT2D eigenvalue weighted by atomic mass is 10.0. The lowest BCUT2D eigenvalue weighted by molar-refractivity contribution is 0.119. The first-order valence-electron chi connectivity index (χ1n) is 13.9. The third-order valence-corrected chi connectivity index (χ3v) is 8.42. The summed E-state index contributed by atoms with van der Waals surface area (Å²) in [6.07, 6.45) is 3.94. The van der Waals surface area contributed by atoms with E-state index in [9.17, 15) is 15.2 Å². The van der Waals surface area contributed by atoms with Gasteiger partial charge in [0.2, 0.25) is 0 Å². The normalized spacial score (nSPS) is 21.4. The van der Waals surface area contributed by atoms with Crippen LogP contribution in [0.25, 0.3) is 10.9 Å². The summed E-state index contributed by atoms with van der Waals surface area (Å²) >= 11 is 0. The van der Waals surface area contributed by atoms with Gasteiger partial charge >= 0.3 is 12.1 Å². The number of rotatable bonds is 6. The van der Waals surface area contributed by atoms with Gasteiger partial charge in [-0.1, -0.05) is 6.07 Å². The maximum Gasteiger partial charge on any atom is 0.407 e. The molecule has 1 amide bonds. The Kier molecular flexibility index (Phi) is 7.26. The highest BCUT2D eigenvalue weighted by Gasteiger charge is 2.34. The highest BCUT2D eigenvalue weighted by molar-refractivity contribution is 5.91. The van der Waals surface area contributed by atoms with Crippen molar-refractivity contribution in [2.45, 2.75) is 44.3 Å². The van der Waals surface area contributed by atoms with Crippen LogP contribution in [-0.2, 0) is 13.0 Å². The molecule has 3 aliphatic rings. The van der Waals surface area contributed by atoms with E-state index in [4.69, 9.17) is 14.7 Å². The standard InChI is InChI=1S/C29H34N8O3/c1-34-13-4-5-21(34)19-40-28-32-25-18-35(26-8-2-7-24-22(26)6-3-12-31-24)14-10-23(25)27(33-28)36-15-16-37(29(38)39)20(17-36)9-11-30/h2-3,6-8,12,20-21H,4-5,9-10,13-19H2,1H3,(H,38,39)/t20-,21-/m0/s1. The van der Waals surface area contributed by atoms with Gasteiger partial charge in [-0.15, -0.1) is 0 Å². The summed E-state index contributed by atoms with van der Waals surface area (Å²) in [5.41, 5.74) is 4.07. The zero-order valence-corrected chi connectivity index (χ0v) is 22.7. The molecular weight excluding hydrogens is 508 g/mol. The van der Waals surface area contributed by atoms with Crippen molar-refractivity contribution in [3.8, 4) is 12.1 Å². The van der Waals surface area contributed by atoms with Crippen molar-refractivity contribution in [1.29, 1.82) is 5.26 Å². The summed E-state index contributed by atoms with van der Waals surface area (Å²) in [7, 11) is 2.12. The van der Waals surface area contributed by atoms with Crippen LogP contribution in [0.15, 0.2) is 36.5 Å². The van der Waals surface area contributed by atoms with Gasteiger partial charge < -0.3 is 29.4 Å². The number of carboxylic acid groups (broad SMARTS) is 1. The largest absolute Gasteiger partial charge is 0.465 e. The molecule has 208 valence electrons. The maximum absolute atomic E-state index is 11.8. The molecule has 0 aliphatic carbocycles. The first-order valence-corrected chi connectivity index (χ1v) is 13.9. The van der Waals surface area contributed by atoms with Gasteiger partial charge in [0.25, 0.3) is 0 Å². The molecular formula is C29H34N8O3. The van der Waals surface area contributed by atoms with Crippen LogP contribution >= 0.6 is 0 Å². The molecule has 3 aliphatic heterocycles. The molecule has 5 heterocycles. The van der Waals surface area contributed by atoms with Crippen molar-refractivity contribution in [1.82, 2.24) is 24.8 Å². The Morgan fingerprint density at radius 1 is 1.12 bits per heavy atom. The number of hydrogen-bond acceptors (Lipinski definition) is 9. The lowest BCUT2D eigenvalue weighted by Gasteiger charge is -2.41. The van der Waals surface area contributed by atoms with E-state index < -0.39 is 12.1 Å². The van der Waals surface area contributed by atoms with Gasteiger partial charge in [0.05, 0.1) is 36.3 Å². The van der Waals surface area contributed by atoms with Crippen molar-refractivity contribution < 1.29 is 14.6 Å². The molecule has 11 nitrogen and oxygen atoms in total. The van der Waals surface area contributed by atoms with E-state index >= 15 is 0 Å². The van der Waals surface area contributed by atoms with Crippen LogP contribution in [0.1, 0.15) is 30.5 Å². The predicted octanol–water partition coefficient (Wildman–Crippen LogP) is 3.14. The van der Waals surface area contributed by atoms with Crippen LogP contribution in [0, 0.1) is 11.3 Å². The number of likely N-dealkylation sites (N-methyl/N-ethyl adjacent to an activating group) is 1. The molecule has 6 rings (SSSR count). The maximum atomic E-state index is 11.8. The quantitative estimate of drug-likeness (QED) is 0.497. The number of fused-ring (bicyclic) bond motifs is 2. The van der Waals surface area contributed by atoms with Crippen molar-refractivity contribution in [2.75, 3.05) is 56.2 Å². The zero-order chi connectivity index (χ0) is 27.6. The highest BCUT2D eigenvalue weighted by Crippen LogP contribution is 2.34. The predicted molar refractivity (Wildman–Crippen MR) is 151 cm³/mol. The van der Waals surface area contributed by atoms with Crippen molar-refractivity contribution in [3.63, 3.8) is 0 Å². The number of amides is 1. The number of aromatic nitrogens is 3. The summed E-state index contributed by atoms with van der Waals surface area (Å²) in [6, 6.07) is 12.7. The van der Waals surface area contributed by atoms with E-state index in [1.807, 2.05) is 24.4 Å². The first kappa shape index (κ1) is 26.1.